The summed E-state index contributed by atoms with van der Waals surface area (Å²) in [5, 5.41) is 6.14. The normalized spacial score (nSPS) is 11.7. The van der Waals surface area contributed by atoms with Crippen molar-refractivity contribution in [3.63, 3.8) is 0 Å². The number of halogens is 1. The van der Waals surface area contributed by atoms with Crippen LogP contribution < -0.4 is 10.6 Å². The third-order valence-corrected chi connectivity index (χ3v) is 2.85. The van der Waals surface area contributed by atoms with Gasteiger partial charge in [0.15, 0.2) is 0 Å². The quantitative estimate of drug-likeness (QED) is 0.899. The molecule has 2 rings (SSSR count). The van der Waals surface area contributed by atoms with Crippen LogP contribution in [0, 0.1) is 0 Å². The first-order chi connectivity index (χ1) is 9.15. The van der Waals surface area contributed by atoms with E-state index >= 15 is 0 Å². The number of hydrogen-bond acceptors (Lipinski definition) is 2. The highest BCUT2D eigenvalue weighted by Gasteiger charge is 2.09. The van der Waals surface area contributed by atoms with Crippen LogP contribution in [-0.4, -0.2) is 11.0 Å². The van der Waals surface area contributed by atoms with Crippen LogP contribution >= 0.6 is 11.6 Å². The molecule has 4 nitrogen and oxygen atoms in total. The third-order valence-electron chi connectivity index (χ3n) is 2.61. The number of hydrogen-bond donors (Lipinski definition) is 2. The van der Waals surface area contributed by atoms with Gasteiger partial charge in [-0.15, -0.1) is 0 Å². The van der Waals surface area contributed by atoms with E-state index in [-0.39, 0.29) is 12.1 Å². The second-order valence-corrected chi connectivity index (χ2v) is 4.55. The Morgan fingerprint density at radius 1 is 1.32 bits per heavy atom. The standard InChI is InChI=1S/C14H14ClN3O/c1-10(11-4-3-7-16-9-11)17-14(19)18-13-6-2-5-12(15)8-13/h2-10H,1H3,(H2,17,18,19). The van der Waals surface area contributed by atoms with E-state index in [2.05, 4.69) is 15.6 Å². The summed E-state index contributed by atoms with van der Waals surface area (Å²) in [6.07, 6.45) is 3.42. The monoisotopic (exact) mass is 275 g/mol. The molecule has 1 unspecified atom stereocenters. The zero-order chi connectivity index (χ0) is 13.7. The first-order valence-corrected chi connectivity index (χ1v) is 6.26. The number of nitrogens with one attached hydrogen (secondary N) is 2. The topological polar surface area (TPSA) is 54.0 Å². The zero-order valence-corrected chi connectivity index (χ0v) is 11.2. The van der Waals surface area contributed by atoms with E-state index < -0.39 is 0 Å². The smallest absolute Gasteiger partial charge is 0.319 e. The number of anilines is 1. The maximum Gasteiger partial charge on any atom is 0.319 e. The molecule has 1 aromatic heterocycles. The van der Waals surface area contributed by atoms with Gasteiger partial charge < -0.3 is 10.6 Å². The first-order valence-electron chi connectivity index (χ1n) is 5.88. The molecule has 0 aliphatic rings. The van der Waals surface area contributed by atoms with Gasteiger partial charge in [-0.2, -0.15) is 0 Å². The molecule has 2 amide bonds. The lowest BCUT2D eigenvalue weighted by molar-refractivity contribution is 0.249. The molecule has 1 aromatic carbocycles. The molecule has 0 bridgehead atoms. The Morgan fingerprint density at radius 3 is 2.84 bits per heavy atom. The molecule has 2 aromatic rings. The Hall–Kier alpha value is -2.07. The minimum atomic E-state index is -0.279. The van der Waals surface area contributed by atoms with Crippen LogP contribution in [0.2, 0.25) is 5.02 Å². The van der Waals surface area contributed by atoms with Gasteiger partial charge in [0.05, 0.1) is 6.04 Å². The van der Waals surface area contributed by atoms with E-state index in [1.54, 1.807) is 36.7 Å². The fourth-order valence-electron chi connectivity index (χ4n) is 1.65. The van der Waals surface area contributed by atoms with Gasteiger partial charge in [0.1, 0.15) is 0 Å². The minimum Gasteiger partial charge on any atom is -0.331 e. The molecule has 0 aliphatic heterocycles. The maximum absolute atomic E-state index is 11.8. The fraction of sp³-hybridized carbons (Fsp3) is 0.143. The minimum absolute atomic E-state index is 0.118. The van der Waals surface area contributed by atoms with Gasteiger partial charge in [-0.25, -0.2) is 4.79 Å². The van der Waals surface area contributed by atoms with Crippen molar-refractivity contribution in [3.8, 4) is 0 Å². The maximum atomic E-state index is 11.8. The number of carbonyl (C=O) groups excluding carboxylic acids is 1. The lowest BCUT2D eigenvalue weighted by Crippen LogP contribution is -2.31. The van der Waals surface area contributed by atoms with Crippen molar-refractivity contribution in [1.82, 2.24) is 10.3 Å². The molecule has 2 N–H and O–H groups in total. The second-order valence-electron chi connectivity index (χ2n) is 4.12. The highest BCUT2D eigenvalue weighted by atomic mass is 35.5. The van der Waals surface area contributed by atoms with E-state index in [1.807, 2.05) is 19.1 Å². The van der Waals surface area contributed by atoms with Crippen molar-refractivity contribution < 1.29 is 4.79 Å². The van der Waals surface area contributed by atoms with E-state index in [0.717, 1.165) is 5.56 Å². The van der Waals surface area contributed by atoms with Crippen molar-refractivity contribution in [2.24, 2.45) is 0 Å². The van der Waals surface area contributed by atoms with Gasteiger partial charge in [-0.3, -0.25) is 4.98 Å². The van der Waals surface area contributed by atoms with E-state index in [9.17, 15) is 4.79 Å². The molecule has 0 spiro atoms. The lowest BCUT2D eigenvalue weighted by Gasteiger charge is -2.14. The molecule has 0 saturated carbocycles. The molecule has 0 aliphatic carbocycles. The average Bonchev–Trinajstić information content (AvgIpc) is 2.39. The van der Waals surface area contributed by atoms with Crippen LogP contribution in [0.5, 0.6) is 0 Å². The van der Waals surface area contributed by atoms with E-state index in [1.165, 1.54) is 0 Å². The molecule has 0 fully saturated rings. The van der Waals surface area contributed by atoms with Gasteiger partial charge in [0.25, 0.3) is 0 Å². The van der Waals surface area contributed by atoms with Gasteiger partial charge in [0, 0.05) is 23.1 Å². The highest BCUT2D eigenvalue weighted by molar-refractivity contribution is 6.30. The Kier molecular flexibility index (Phi) is 4.36. The SMILES string of the molecule is CC(NC(=O)Nc1cccc(Cl)c1)c1cccnc1. The van der Waals surface area contributed by atoms with Crippen molar-refractivity contribution in [3.05, 3.63) is 59.4 Å². The number of carbonyl (C=O) groups is 1. The van der Waals surface area contributed by atoms with Gasteiger partial charge in [0.2, 0.25) is 0 Å². The summed E-state index contributed by atoms with van der Waals surface area (Å²) in [7, 11) is 0. The van der Waals surface area contributed by atoms with Gasteiger partial charge in [-0.1, -0.05) is 23.7 Å². The Balaban J connectivity index is 1.95. The molecule has 0 saturated heterocycles. The van der Waals surface area contributed by atoms with Crippen LogP contribution in [0.3, 0.4) is 0 Å². The van der Waals surface area contributed by atoms with Gasteiger partial charge in [-0.05, 0) is 36.8 Å². The Morgan fingerprint density at radius 2 is 2.16 bits per heavy atom. The highest BCUT2D eigenvalue weighted by Crippen LogP contribution is 2.15. The van der Waals surface area contributed by atoms with E-state index in [4.69, 9.17) is 11.6 Å². The molecular weight excluding hydrogens is 262 g/mol. The number of pyridine rings is 1. The average molecular weight is 276 g/mol. The number of rotatable bonds is 3. The molecular formula is C14H14ClN3O. The first kappa shape index (κ1) is 13.4. The number of benzene rings is 1. The lowest BCUT2D eigenvalue weighted by atomic mass is 10.1. The van der Waals surface area contributed by atoms with Crippen LogP contribution in [0.25, 0.3) is 0 Å². The third kappa shape index (κ3) is 3.96. The Bertz CT molecular complexity index is 560. The molecule has 1 atom stereocenters. The molecule has 0 radical (unpaired) electrons. The molecule has 98 valence electrons. The van der Waals surface area contributed by atoms with Crippen LogP contribution in [0.15, 0.2) is 48.8 Å². The van der Waals surface area contributed by atoms with Crippen molar-refractivity contribution >= 4 is 23.3 Å². The molecule has 19 heavy (non-hydrogen) atoms. The summed E-state index contributed by atoms with van der Waals surface area (Å²) < 4.78 is 0. The number of aromatic nitrogens is 1. The van der Waals surface area contributed by atoms with E-state index in [0.29, 0.717) is 10.7 Å². The number of amides is 2. The Labute approximate surface area is 116 Å². The van der Waals surface area contributed by atoms with Crippen molar-refractivity contribution in [1.29, 1.82) is 0 Å². The zero-order valence-electron chi connectivity index (χ0n) is 10.4. The predicted octanol–water partition coefficient (Wildman–Crippen LogP) is 3.62. The summed E-state index contributed by atoms with van der Waals surface area (Å²) in [4.78, 5) is 15.8. The molecule has 1 heterocycles. The van der Waals surface area contributed by atoms with Crippen LogP contribution in [-0.2, 0) is 0 Å². The van der Waals surface area contributed by atoms with Crippen molar-refractivity contribution in [2.75, 3.05) is 5.32 Å². The summed E-state index contributed by atoms with van der Waals surface area (Å²) >= 11 is 5.85. The summed E-state index contributed by atoms with van der Waals surface area (Å²) in [5.41, 5.74) is 1.60. The van der Waals surface area contributed by atoms with Crippen LogP contribution in [0.4, 0.5) is 10.5 Å². The van der Waals surface area contributed by atoms with Crippen LogP contribution in [0.1, 0.15) is 18.5 Å². The van der Waals surface area contributed by atoms with Gasteiger partial charge >= 0.3 is 6.03 Å². The predicted molar refractivity (Wildman–Crippen MR) is 76.3 cm³/mol. The summed E-state index contributed by atoms with van der Waals surface area (Å²) in [6, 6.07) is 10.4. The summed E-state index contributed by atoms with van der Waals surface area (Å²) in [5.74, 6) is 0. The second kappa shape index (κ2) is 6.20. The fourth-order valence-corrected chi connectivity index (χ4v) is 1.84. The molecule has 5 heteroatoms. The van der Waals surface area contributed by atoms with Crippen molar-refractivity contribution in [2.45, 2.75) is 13.0 Å². The number of urea groups is 1. The largest absolute Gasteiger partial charge is 0.331 e. The number of nitrogens with zero attached hydrogens (tertiary/aromatic N) is 1. The summed E-state index contributed by atoms with van der Waals surface area (Å²) in [6.45, 7) is 1.90.